The molecule has 0 amide bonds. The first-order valence-electron chi connectivity index (χ1n) is 7.73. The van der Waals surface area contributed by atoms with Crippen LogP contribution in [-0.2, 0) is 4.74 Å². The van der Waals surface area contributed by atoms with Crippen LogP contribution in [0.25, 0.3) is 0 Å². The highest BCUT2D eigenvalue weighted by Crippen LogP contribution is 2.42. The molecule has 1 saturated carbocycles. The van der Waals surface area contributed by atoms with Crippen LogP contribution in [0.1, 0.15) is 55.3 Å². The van der Waals surface area contributed by atoms with Crippen molar-refractivity contribution in [3.8, 4) is 0 Å². The zero-order valence-electron chi connectivity index (χ0n) is 12.0. The van der Waals surface area contributed by atoms with Crippen LogP contribution in [0.5, 0.6) is 0 Å². The van der Waals surface area contributed by atoms with Gasteiger partial charge in [0.15, 0.2) is 5.78 Å². The summed E-state index contributed by atoms with van der Waals surface area (Å²) in [4.78, 5) is 12.8. The quantitative estimate of drug-likeness (QED) is 0.649. The summed E-state index contributed by atoms with van der Waals surface area (Å²) in [5.41, 5.74) is 0.715. The summed E-state index contributed by atoms with van der Waals surface area (Å²) in [6, 6.07) is 5.41. The van der Waals surface area contributed by atoms with Gasteiger partial charge in [0, 0.05) is 27.6 Å². The summed E-state index contributed by atoms with van der Waals surface area (Å²) in [6.45, 7) is 0.710. The zero-order chi connectivity index (χ0) is 14.9. The van der Waals surface area contributed by atoms with Crippen LogP contribution in [0, 0.1) is 5.92 Å². The predicted molar refractivity (Wildman–Crippen MR) is 88.0 cm³/mol. The van der Waals surface area contributed by atoms with E-state index in [9.17, 15) is 4.79 Å². The molecule has 2 fully saturated rings. The third kappa shape index (κ3) is 3.35. The molecule has 2 nitrogen and oxygen atoms in total. The van der Waals surface area contributed by atoms with Gasteiger partial charge in [-0.05, 0) is 59.8 Å². The van der Waals surface area contributed by atoms with E-state index in [4.69, 9.17) is 16.3 Å². The number of rotatable bonds is 2. The second kappa shape index (κ2) is 6.39. The second-order valence-corrected chi connectivity index (χ2v) is 7.56. The maximum absolute atomic E-state index is 12.8. The lowest BCUT2D eigenvalue weighted by atomic mass is 9.74. The minimum absolute atomic E-state index is 0.0320. The van der Waals surface area contributed by atoms with Gasteiger partial charge in [-0.1, -0.05) is 30.9 Å². The molecule has 1 spiro atoms. The Labute approximate surface area is 139 Å². The van der Waals surface area contributed by atoms with E-state index in [-0.39, 0.29) is 17.3 Å². The molecule has 2 aliphatic rings. The third-order valence-corrected chi connectivity index (χ3v) is 5.72. The lowest BCUT2D eigenvalue weighted by Crippen LogP contribution is -2.43. The first-order chi connectivity index (χ1) is 10.1. The summed E-state index contributed by atoms with van der Waals surface area (Å²) in [5.74, 6) is 0.307. The van der Waals surface area contributed by atoms with Crippen molar-refractivity contribution in [1.29, 1.82) is 0 Å². The van der Waals surface area contributed by atoms with Crippen molar-refractivity contribution in [2.24, 2.45) is 5.92 Å². The Morgan fingerprint density at radius 3 is 2.76 bits per heavy atom. The lowest BCUT2D eigenvalue weighted by molar-refractivity contribution is -0.111. The van der Waals surface area contributed by atoms with E-state index in [1.807, 2.05) is 6.07 Å². The van der Waals surface area contributed by atoms with Gasteiger partial charge in [0.05, 0.1) is 5.60 Å². The molecule has 0 bridgehead atoms. The summed E-state index contributed by atoms with van der Waals surface area (Å²) in [7, 11) is 0. The van der Waals surface area contributed by atoms with Crippen LogP contribution >= 0.6 is 27.5 Å². The Morgan fingerprint density at radius 1 is 1.29 bits per heavy atom. The van der Waals surface area contributed by atoms with Crippen molar-refractivity contribution in [2.45, 2.75) is 50.5 Å². The smallest absolute Gasteiger partial charge is 0.167 e. The molecule has 1 unspecified atom stereocenters. The Balaban J connectivity index is 1.77. The van der Waals surface area contributed by atoms with Gasteiger partial charge < -0.3 is 4.74 Å². The Hall–Kier alpha value is -0.380. The van der Waals surface area contributed by atoms with Crippen LogP contribution in [0.3, 0.4) is 0 Å². The van der Waals surface area contributed by atoms with Gasteiger partial charge in [0.1, 0.15) is 0 Å². The monoisotopic (exact) mass is 370 g/mol. The zero-order valence-corrected chi connectivity index (χ0v) is 14.4. The van der Waals surface area contributed by atoms with Gasteiger partial charge in [-0.25, -0.2) is 0 Å². The fourth-order valence-corrected chi connectivity index (χ4v) is 4.58. The molecule has 1 heterocycles. The largest absolute Gasteiger partial charge is 0.375 e. The van der Waals surface area contributed by atoms with Gasteiger partial charge >= 0.3 is 0 Å². The van der Waals surface area contributed by atoms with Gasteiger partial charge in [-0.2, -0.15) is 0 Å². The number of hydrogen-bond donors (Lipinski definition) is 0. The highest BCUT2D eigenvalue weighted by Gasteiger charge is 2.41. The predicted octanol–water partition coefficient (Wildman–Crippen LogP) is 5.41. The summed E-state index contributed by atoms with van der Waals surface area (Å²) in [5, 5.41) is 0.647. The first kappa shape index (κ1) is 15.5. The normalized spacial score (nSPS) is 25.0. The summed E-state index contributed by atoms with van der Waals surface area (Å²) in [6.07, 6.45) is 7.68. The highest BCUT2D eigenvalue weighted by molar-refractivity contribution is 9.10. The lowest BCUT2D eigenvalue weighted by Gasteiger charge is -2.43. The fraction of sp³-hybridized carbons (Fsp3) is 0.588. The number of ether oxygens (including phenoxy) is 1. The average Bonchev–Trinajstić information content (AvgIpc) is 2.47. The Morgan fingerprint density at radius 2 is 2.05 bits per heavy atom. The molecule has 1 saturated heterocycles. The van der Waals surface area contributed by atoms with Gasteiger partial charge in [-0.3, -0.25) is 4.79 Å². The SMILES string of the molecule is O=C(c1ccc(Cl)cc1Br)C1CCOC2(CCCCC2)C1. The Kier molecular flexibility index (Phi) is 4.72. The number of Topliss-reactive ketones (excluding diaryl/α,β-unsaturated/α-hetero) is 1. The molecule has 3 rings (SSSR count). The molecule has 1 aliphatic heterocycles. The summed E-state index contributed by atoms with van der Waals surface area (Å²) < 4.78 is 6.88. The molecule has 0 radical (unpaired) electrons. The molecule has 21 heavy (non-hydrogen) atoms. The number of benzene rings is 1. The van der Waals surface area contributed by atoms with E-state index < -0.39 is 0 Å². The molecule has 4 heteroatoms. The average molecular weight is 372 g/mol. The van der Waals surface area contributed by atoms with Crippen molar-refractivity contribution in [3.63, 3.8) is 0 Å². The molecule has 1 atom stereocenters. The van der Waals surface area contributed by atoms with E-state index in [0.29, 0.717) is 11.6 Å². The van der Waals surface area contributed by atoms with Crippen LogP contribution in [0.2, 0.25) is 5.02 Å². The van der Waals surface area contributed by atoms with Crippen LogP contribution in [-0.4, -0.2) is 18.0 Å². The van der Waals surface area contributed by atoms with E-state index >= 15 is 0 Å². The van der Waals surface area contributed by atoms with Crippen LogP contribution in [0.4, 0.5) is 0 Å². The molecule has 1 aliphatic carbocycles. The van der Waals surface area contributed by atoms with Crippen molar-refractivity contribution in [2.75, 3.05) is 6.61 Å². The fourth-order valence-electron chi connectivity index (χ4n) is 3.71. The van der Waals surface area contributed by atoms with Crippen molar-refractivity contribution >= 4 is 33.3 Å². The highest BCUT2D eigenvalue weighted by atomic mass is 79.9. The first-order valence-corrected chi connectivity index (χ1v) is 8.90. The maximum Gasteiger partial charge on any atom is 0.167 e. The van der Waals surface area contributed by atoms with Gasteiger partial charge in [0.2, 0.25) is 0 Å². The summed E-state index contributed by atoms with van der Waals surface area (Å²) >= 11 is 9.43. The third-order valence-electron chi connectivity index (χ3n) is 4.83. The molecule has 0 N–H and O–H groups in total. The molecule has 114 valence electrons. The van der Waals surface area contributed by atoms with Crippen LogP contribution in [0.15, 0.2) is 22.7 Å². The standard InChI is InChI=1S/C17H20BrClO2/c18-15-10-13(19)4-5-14(15)16(20)12-6-9-21-17(11-12)7-2-1-3-8-17/h4-5,10,12H,1-3,6-9,11H2. The minimum atomic E-state index is -0.0320. The number of halogens is 2. The maximum atomic E-state index is 12.8. The van der Waals surface area contributed by atoms with Gasteiger partial charge in [-0.15, -0.1) is 0 Å². The molecule has 0 aromatic heterocycles. The number of hydrogen-bond acceptors (Lipinski definition) is 2. The minimum Gasteiger partial charge on any atom is -0.375 e. The van der Waals surface area contributed by atoms with Crippen molar-refractivity contribution in [3.05, 3.63) is 33.3 Å². The van der Waals surface area contributed by atoms with Gasteiger partial charge in [0.25, 0.3) is 0 Å². The topological polar surface area (TPSA) is 26.3 Å². The number of ketones is 1. The van der Waals surface area contributed by atoms with E-state index in [2.05, 4.69) is 15.9 Å². The molecular weight excluding hydrogens is 352 g/mol. The van der Waals surface area contributed by atoms with Crippen molar-refractivity contribution in [1.82, 2.24) is 0 Å². The van der Waals surface area contributed by atoms with E-state index in [1.165, 1.54) is 19.3 Å². The molecular formula is C17H20BrClO2. The molecule has 1 aromatic carbocycles. The van der Waals surface area contributed by atoms with Crippen molar-refractivity contribution < 1.29 is 9.53 Å². The van der Waals surface area contributed by atoms with E-state index in [1.54, 1.807) is 12.1 Å². The molecule has 1 aromatic rings. The van der Waals surface area contributed by atoms with Crippen LogP contribution < -0.4 is 0 Å². The Bertz CT molecular complexity index is 532. The number of carbonyl (C=O) groups is 1. The van der Waals surface area contributed by atoms with E-state index in [0.717, 1.165) is 35.7 Å². The second-order valence-electron chi connectivity index (χ2n) is 6.27. The number of carbonyl (C=O) groups excluding carboxylic acids is 1.